The zero-order valence-electron chi connectivity index (χ0n) is 14.6. The van der Waals surface area contributed by atoms with Crippen molar-refractivity contribution in [3.63, 3.8) is 0 Å². The van der Waals surface area contributed by atoms with Crippen LogP contribution in [0.25, 0.3) is 11.1 Å². The molecule has 0 aromatic heterocycles. The summed E-state index contributed by atoms with van der Waals surface area (Å²) in [5, 5.41) is 10.7. The van der Waals surface area contributed by atoms with Gasteiger partial charge in [-0.1, -0.05) is 38.1 Å². The molecule has 0 amide bonds. The van der Waals surface area contributed by atoms with Gasteiger partial charge in [-0.25, -0.2) is 0 Å². The van der Waals surface area contributed by atoms with Crippen LogP contribution < -0.4 is 5.48 Å². The van der Waals surface area contributed by atoms with E-state index in [9.17, 15) is 19.7 Å². The standard InChI is InChI=1S/C19H20N2O5/c1-3-17(20-26-18(22)4-2)19(23)15-7-5-13(6-8-15)14-9-11-16(12-10-14)21(24)25/h5-12,17,20H,3-4H2,1-2H3. The number of carbonyl (C=O) groups is 2. The van der Waals surface area contributed by atoms with Gasteiger partial charge in [0, 0.05) is 24.1 Å². The van der Waals surface area contributed by atoms with Gasteiger partial charge in [0.15, 0.2) is 5.78 Å². The van der Waals surface area contributed by atoms with Gasteiger partial charge in [-0.05, 0) is 29.7 Å². The summed E-state index contributed by atoms with van der Waals surface area (Å²) < 4.78 is 0. The largest absolute Gasteiger partial charge is 0.370 e. The van der Waals surface area contributed by atoms with E-state index in [4.69, 9.17) is 4.84 Å². The number of nitrogens with zero attached hydrogens (tertiary/aromatic N) is 1. The summed E-state index contributed by atoms with van der Waals surface area (Å²) in [7, 11) is 0. The molecule has 0 saturated carbocycles. The molecule has 2 aromatic carbocycles. The number of ketones is 1. The monoisotopic (exact) mass is 356 g/mol. The van der Waals surface area contributed by atoms with E-state index in [2.05, 4.69) is 5.48 Å². The molecule has 0 aliphatic rings. The summed E-state index contributed by atoms with van der Waals surface area (Å²) in [4.78, 5) is 38.8. The molecule has 0 radical (unpaired) electrons. The normalized spacial score (nSPS) is 11.6. The first-order valence-corrected chi connectivity index (χ1v) is 8.30. The molecule has 1 N–H and O–H groups in total. The number of Topliss-reactive ketones (excluding diaryl/α,β-unsaturated/α-hetero) is 1. The Morgan fingerprint density at radius 1 is 1.04 bits per heavy atom. The highest BCUT2D eigenvalue weighted by Gasteiger charge is 2.19. The maximum atomic E-state index is 12.5. The van der Waals surface area contributed by atoms with E-state index >= 15 is 0 Å². The minimum atomic E-state index is -0.615. The van der Waals surface area contributed by atoms with Crippen LogP contribution in [-0.2, 0) is 9.63 Å². The number of hydrogen-bond acceptors (Lipinski definition) is 6. The highest BCUT2D eigenvalue weighted by atomic mass is 16.7. The molecule has 0 bridgehead atoms. The first kappa shape index (κ1) is 19.3. The Kier molecular flexibility index (Phi) is 6.57. The van der Waals surface area contributed by atoms with Gasteiger partial charge in [-0.2, -0.15) is 0 Å². The summed E-state index contributed by atoms with van der Waals surface area (Å²) in [6.45, 7) is 3.49. The lowest BCUT2D eigenvalue weighted by Gasteiger charge is -2.15. The average Bonchev–Trinajstić information content (AvgIpc) is 2.68. The second-order valence-electron chi connectivity index (χ2n) is 5.65. The molecule has 1 atom stereocenters. The van der Waals surface area contributed by atoms with E-state index < -0.39 is 16.9 Å². The Morgan fingerprint density at radius 3 is 2.04 bits per heavy atom. The predicted molar refractivity (Wildman–Crippen MR) is 96.5 cm³/mol. The first-order chi connectivity index (χ1) is 12.5. The van der Waals surface area contributed by atoms with Crippen molar-refractivity contribution >= 4 is 17.4 Å². The van der Waals surface area contributed by atoms with Gasteiger partial charge in [-0.3, -0.25) is 19.7 Å². The molecule has 0 aliphatic carbocycles. The molecule has 0 saturated heterocycles. The van der Waals surface area contributed by atoms with Gasteiger partial charge < -0.3 is 4.84 Å². The minimum absolute atomic E-state index is 0.0269. The van der Waals surface area contributed by atoms with Gasteiger partial charge in [-0.15, -0.1) is 5.48 Å². The maximum Gasteiger partial charge on any atom is 0.324 e. The number of hydroxylamine groups is 1. The topological polar surface area (TPSA) is 98.5 Å². The number of hydrogen-bond donors (Lipinski definition) is 1. The summed E-state index contributed by atoms with van der Waals surface area (Å²) in [6.07, 6.45) is 0.696. The molecular weight excluding hydrogens is 336 g/mol. The van der Waals surface area contributed by atoms with Gasteiger partial charge in [0.2, 0.25) is 0 Å². The Hall–Kier alpha value is -3.06. The minimum Gasteiger partial charge on any atom is -0.370 e. The van der Waals surface area contributed by atoms with Crippen LogP contribution in [0.3, 0.4) is 0 Å². The van der Waals surface area contributed by atoms with Gasteiger partial charge in [0.05, 0.1) is 4.92 Å². The third kappa shape index (κ3) is 4.73. The van der Waals surface area contributed by atoms with E-state index in [0.717, 1.165) is 11.1 Å². The van der Waals surface area contributed by atoms with Crippen LogP contribution in [0.2, 0.25) is 0 Å². The SMILES string of the molecule is CCC(=O)ONC(CC)C(=O)c1ccc(-c2ccc([N+](=O)[O-])cc2)cc1. The van der Waals surface area contributed by atoms with Crippen LogP contribution in [0, 0.1) is 10.1 Å². The van der Waals surface area contributed by atoms with Crippen LogP contribution in [-0.4, -0.2) is 22.7 Å². The maximum absolute atomic E-state index is 12.5. The van der Waals surface area contributed by atoms with Crippen molar-refractivity contribution in [2.24, 2.45) is 0 Å². The fourth-order valence-electron chi connectivity index (χ4n) is 2.33. The Labute approximate surface area is 151 Å². The molecule has 7 nitrogen and oxygen atoms in total. The van der Waals surface area contributed by atoms with Gasteiger partial charge >= 0.3 is 5.97 Å². The van der Waals surface area contributed by atoms with E-state index in [-0.39, 0.29) is 17.9 Å². The molecule has 0 spiro atoms. The van der Waals surface area contributed by atoms with Crippen LogP contribution in [0.15, 0.2) is 48.5 Å². The summed E-state index contributed by atoms with van der Waals surface area (Å²) >= 11 is 0. The van der Waals surface area contributed by atoms with Crippen molar-refractivity contribution in [3.05, 3.63) is 64.2 Å². The van der Waals surface area contributed by atoms with Crippen molar-refractivity contribution < 1.29 is 19.3 Å². The third-order valence-electron chi connectivity index (χ3n) is 3.91. The molecule has 2 rings (SSSR count). The van der Waals surface area contributed by atoms with E-state index in [0.29, 0.717) is 12.0 Å². The number of nitro benzene ring substituents is 1. The number of benzene rings is 2. The molecule has 136 valence electrons. The molecular formula is C19H20N2O5. The average molecular weight is 356 g/mol. The zero-order chi connectivity index (χ0) is 19.1. The van der Waals surface area contributed by atoms with E-state index in [1.165, 1.54) is 12.1 Å². The number of nitro groups is 1. The number of non-ortho nitro benzene ring substituents is 1. The number of nitrogens with one attached hydrogen (secondary N) is 1. The van der Waals surface area contributed by atoms with Gasteiger partial charge in [0.1, 0.15) is 6.04 Å². The first-order valence-electron chi connectivity index (χ1n) is 8.30. The summed E-state index contributed by atoms with van der Waals surface area (Å²) in [5.41, 5.74) is 4.69. The smallest absolute Gasteiger partial charge is 0.324 e. The highest BCUT2D eigenvalue weighted by molar-refractivity contribution is 6.00. The molecule has 0 fully saturated rings. The highest BCUT2D eigenvalue weighted by Crippen LogP contribution is 2.23. The second kappa shape index (κ2) is 8.87. The fourth-order valence-corrected chi connectivity index (χ4v) is 2.33. The van der Waals surface area contributed by atoms with Crippen molar-refractivity contribution in [2.45, 2.75) is 32.7 Å². The molecule has 0 heterocycles. The van der Waals surface area contributed by atoms with Crippen LogP contribution in [0.4, 0.5) is 5.69 Å². The Balaban J connectivity index is 2.10. The van der Waals surface area contributed by atoms with E-state index in [1.54, 1.807) is 43.3 Å². The molecule has 2 aromatic rings. The van der Waals surface area contributed by atoms with Gasteiger partial charge in [0.25, 0.3) is 5.69 Å². The predicted octanol–water partition coefficient (Wildman–Crippen LogP) is 3.68. The quantitative estimate of drug-likeness (QED) is 0.440. The van der Waals surface area contributed by atoms with Crippen molar-refractivity contribution in [3.8, 4) is 11.1 Å². The lowest BCUT2D eigenvalue weighted by atomic mass is 9.99. The summed E-state index contributed by atoms with van der Waals surface area (Å²) in [5.74, 6) is -0.601. The van der Waals surface area contributed by atoms with Crippen molar-refractivity contribution in [2.75, 3.05) is 0 Å². The second-order valence-corrected chi connectivity index (χ2v) is 5.65. The Bertz CT molecular complexity index is 785. The van der Waals surface area contributed by atoms with Crippen LogP contribution in [0.1, 0.15) is 37.0 Å². The fraction of sp³-hybridized carbons (Fsp3) is 0.263. The molecule has 0 aliphatic heterocycles. The van der Waals surface area contributed by atoms with E-state index in [1.807, 2.05) is 6.92 Å². The number of carbonyl (C=O) groups excluding carboxylic acids is 2. The molecule has 7 heteroatoms. The zero-order valence-corrected chi connectivity index (χ0v) is 14.6. The van der Waals surface area contributed by atoms with Crippen molar-refractivity contribution in [1.82, 2.24) is 5.48 Å². The lowest BCUT2D eigenvalue weighted by molar-refractivity contribution is -0.384. The summed E-state index contributed by atoms with van der Waals surface area (Å²) in [6, 6.07) is 12.5. The Morgan fingerprint density at radius 2 is 1.58 bits per heavy atom. The van der Waals surface area contributed by atoms with Crippen molar-refractivity contribution in [1.29, 1.82) is 0 Å². The molecule has 1 unspecified atom stereocenters. The third-order valence-corrected chi connectivity index (χ3v) is 3.91. The molecule has 26 heavy (non-hydrogen) atoms. The van der Waals surface area contributed by atoms with Crippen LogP contribution >= 0.6 is 0 Å². The number of rotatable bonds is 8. The van der Waals surface area contributed by atoms with Crippen LogP contribution in [0.5, 0.6) is 0 Å². The lowest BCUT2D eigenvalue weighted by Crippen LogP contribution is -2.37.